The Kier molecular flexibility index (Phi) is 11.1. The minimum Gasteiger partial charge on any atom is -0.508 e. The van der Waals surface area contributed by atoms with Gasteiger partial charge < -0.3 is 31.1 Å². The fourth-order valence-electron chi connectivity index (χ4n) is 3.17. The fourth-order valence-corrected chi connectivity index (χ4v) is 3.17. The Morgan fingerprint density at radius 3 is 2.47 bits per heavy atom. The Hall–Kier alpha value is -3.56. The van der Waals surface area contributed by atoms with Gasteiger partial charge in [0.25, 0.3) is 0 Å². The van der Waals surface area contributed by atoms with E-state index in [2.05, 4.69) is 17.2 Å². The third-order valence-electron chi connectivity index (χ3n) is 4.58. The Labute approximate surface area is 200 Å². The van der Waals surface area contributed by atoms with Gasteiger partial charge in [0.1, 0.15) is 23.4 Å². The number of carbonyl (C=O) groups is 4. The van der Waals surface area contributed by atoms with E-state index in [0.29, 0.717) is 12.1 Å². The van der Waals surface area contributed by atoms with Crippen LogP contribution in [-0.2, 0) is 19.1 Å². The zero-order valence-corrected chi connectivity index (χ0v) is 20.3. The molecule has 0 saturated carbocycles. The zero-order valence-electron chi connectivity index (χ0n) is 20.3. The predicted molar refractivity (Wildman–Crippen MR) is 128 cm³/mol. The van der Waals surface area contributed by atoms with Gasteiger partial charge in [-0.05, 0) is 44.9 Å². The van der Waals surface area contributed by atoms with Gasteiger partial charge in [0.15, 0.2) is 0 Å². The van der Waals surface area contributed by atoms with Crippen LogP contribution in [0.2, 0.25) is 0 Å². The lowest BCUT2D eigenvalue weighted by Crippen LogP contribution is -2.54. The molecule has 1 aromatic carbocycles. The molecule has 1 aromatic rings. The molecule has 0 radical (unpaired) electrons. The lowest BCUT2D eigenvalue weighted by Gasteiger charge is -2.33. The highest BCUT2D eigenvalue weighted by molar-refractivity contribution is 5.94. The highest BCUT2D eigenvalue weighted by Gasteiger charge is 2.36. The molecule has 0 aliphatic rings. The van der Waals surface area contributed by atoms with Crippen LogP contribution in [0.1, 0.15) is 58.6 Å². The number of hydrogen-bond acceptors (Lipinski definition) is 6. The molecule has 0 heterocycles. The van der Waals surface area contributed by atoms with Gasteiger partial charge >= 0.3 is 6.09 Å². The van der Waals surface area contributed by atoms with Crippen molar-refractivity contribution in [2.24, 2.45) is 5.73 Å². The number of primary amides is 1. The van der Waals surface area contributed by atoms with Crippen LogP contribution in [0.25, 0.3) is 0 Å². The largest absolute Gasteiger partial charge is 0.508 e. The SMILES string of the molecule is C=CCN(C(=O)C(CC(N)=O)NC(=O)OC(C)(C)C)C(C(=O)NCCCC)c1cccc(O)c1. The quantitative estimate of drug-likeness (QED) is 0.268. The van der Waals surface area contributed by atoms with E-state index in [9.17, 15) is 24.3 Å². The second kappa shape index (κ2) is 13.2. The minimum absolute atomic E-state index is 0.0778. The summed E-state index contributed by atoms with van der Waals surface area (Å²) in [5.74, 6) is -2.13. The summed E-state index contributed by atoms with van der Waals surface area (Å²) in [5.41, 5.74) is 4.83. The number of nitrogens with two attached hydrogens (primary N) is 1. The summed E-state index contributed by atoms with van der Waals surface area (Å²) in [7, 11) is 0. The van der Waals surface area contributed by atoms with Crippen molar-refractivity contribution in [2.75, 3.05) is 13.1 Å². The van der Waals surface area contributed by atoms with E-state index in [-0.39, 0.29) is 12.3 Å². The predicted octanol–water partition coefficient (Wildman–Crippen LogP) is 2.13. The van der Waals surface area contributed by atoms with Gasteiger partial charge in [0, 0.05) is 13.1 Å². The first-order valence-corrected chi connectivity index (χ1v) is 11.2. The highest BCUT2D eigenvalue weighted by atomic mass is 16.6. The molecular formula is C24H36N4O6. The zero-order chi connectivity index (χ0) is 25.9. The summed E-state index contributed by atoms with van der Waals surface area (Å²) in [6.45, 7) is 10.9. The summed E-state index contributed by atoms with van der Waals surface area (Å²) in [6.07, 6.45) is 1.59. The topological polar surface area (TPSA) is 151 Å². The van der Waals surface area contributed by atoms with E-state index in [0.717, 1.165) is 12.8 Å². The van der Waals surface area contributed by atoms with Crippen LogP contribution >= 0.6 is 0 Å². The maximum Gasteiger partial charge on any atom is 0.408 e. The van der Waals surface area contributed by atoms with E-state index in [1.54, 1.807) is 32.9 Å². The van der Waals surface area contributed by atoms with E-state index >= 15 is 0 Å². The van der Waals surface area contributed by atoms with Crippen molar-refractivity contribution in [1.82, 2.24) is 15.5 Å². The minimum atomic E-state index is -1.38. The first-order chi connectivity index (χ1) is 15.9. The fraction of sp³-hybridized carbons (Fsp3) is 0.500. The second-order valence-electron chi connectivity index (χ2n) is 8.79. The number of unbranched alkanes of at least 4 members (excludes halogenated alkanes) is 1. The Morgan fingerprint density at radius 2 is 1.94 bits per heavy atom. The molecule has 0 bridgehead atoms. The van der Waals surface area contributed by atoms with Crippen LogP contribution in [0.15, 0.2) is 36.9 Å². The van der Waals surface area contributed by atoms with Crippen LogP contribution in [-0.4, -0.2) is 58.6 Å². The number of nitrogens with zero attached hydrogens (tertiary/aromatic N) is 1. The third kappa shape index (κ3) is 9.51. The molecule has 10 nitrogen and oxygen atoms in total. The number of ether oxygens (including phenoxy) is 1. The molecule has 188 valence electrons. The molecule has 10 heteroatoms. The molecule has 5 N–H and O–H groups in total. The molecule has 4 amide bonds. The van der Waals surface area contributed by atoms with E-state index in [1.165, 1.54) is 23.1 Å². The number of rotatable bonds is 12. The number of aromatic hydroxyl groups is 1. The first kappa shape index (κ1) is 28.5. The third-order valence-corrected chi connectivity index (χ3v) is 4.58. The van der Waals surface area contributed by atoms with Crippen LogP contribution in [0.4, 0.5) is 4.79 Å². The van der Waals surface area contributed by atoms with E-state index in [4.69, 9.17) is 10.5 Å². The molecule has 34 heavy (non-hydrogen) atoms. The summed E-state index contributed by atoms with van der Waals surface area (Å²) < 4.78 is 5.21. The smallest absolute Gasteiger partial charge is 0.408 e. The van der Waals surface area contributed by atoms with Crippen molar-refractivity contribution in [3.63, 3.8) is 0 Å². The van der Waals surface area contributed by atoms with Gasteiger partial charge in [-0.3, -0.25) is 14.4 Å². The molecule has 2 atom stereocenters. The normalized spacial score (nSPS) is 12.7. The standard InChI is InChI=1S/C24H36N4O6/c1-6-8-12-26-21(31)20(16-10-9-11-17(29)14-16)28(13-7-2)22(32)18(15-19(25)30)27-23(33)34-24(3,4)5/h7,9-11,14,18,20,29H,2,6,8,12-13,15H2,1,3-5H3,(H2,25,30)(H,26,31)(H,27,33). The van der Waals surface area contributed by atoms with Crippen LogP contribution in [0, 0.1) is 0 Å². The molecule has 0 aliphatic heterocycles. The number of phenols is 1. The second-order valence-corrected chi connectivity index (χ2v) is 8.79. The first-order valence-electron chi connectivity index (χ1n) is 11.2. The average molecular weight is 477 g/mol. The number of amides is 4. The van der Waals surface area contributed by atoms with Crippen molar-refractivity contribution in [3.8, 4) is 5.75 Å². The van der Waals surface area contributed by atoms with Crippen LogP contribution in [0.3, 0.4) is 0 Å². The number of nitrogens with one attached hydrogen (secondary N) is 2. The number of hydrogen-bond donors (Lipinski definition) is 4. The van der Waals surface area contributed by atoms with Crippen molar-refractivity contribution in [3.05, 3.63) is 42.5 Å². The Bertz CT molecular complexity index is 880. The Morgan fingerprint density at radius 1 is 1.26 bits per heavy atom. The summed E-state index contributed by atoms with van der Waals surface area (Å²) in [5, 5.41) is 15.2. The molecule has 0 fully saturated rings. The van der Waals surface area contributed by atoms with Gasteiger partial charge in [0.2, 0.25) is 17.7 Å². The Balaban J connectivity index is 3.39. The number of carbonyl (C=O) groups excluding carboxylic acids is 4. The maximum atomic E-state index is 13.6. The van der Waals surface area contributed by atoms with Crippen molar-refractivity contribution in [2.45, 2.75) is 64.6 Å². The monoisotopic (exact) mass is 476 g/mol. The summed E-state index contributed by atoms with van der Waals surface area (Å²) >= 11 is 0. The van der Waals surface area contributed by atoms with E-state index < -0.39 is 47.9 Å². The lowest BCUT2D eigenvalue weighted by molar-refractivity contribution is -0.142. The number of alkyl carbamates (subject to hydrolysis) is 1. The molecular weight excluding hydrogens is 440 g/mol. The molecule has 0 saturated heterocycles. The number of benzene rings is 1. The molecule has 2 unspecified atom stereocenters. The van der Waals surface area contributed by atoms with Crippen LogP contribution < -0.4 is 16.4 Å². The lowest BCUT2D eigenvalue weighted by atomic mass is 10.0. The summed E-state index contributed by atoms with van der Waals surface area (Å²) in [4.78, 5) is 51.9. The molecule has 1 rings (SSSR count). The average Bonchev–Trinajstić information content (AvgIpc) is 2.71. The van der Waals surface area contributed by atoms with Gasteiger partial charge in [-0.15, -0.1) is 6.58 Å². The van der Waals surface area contributed by atoms with Gasteiger partial charge in [-0.1, -0.05) is 31.6 Å². The van der Waals surface area contributed by atoms with Crippen molar-refractivity contribution in [1.29, 1.82) is 0 Å². The maximum absolute atomic E-state index is 13.6. The van der Waals surface area contributed by atoms with E-state index in [1.807, 2.05) is 6.92 Å². The van der Waals surface area contributed by atoms with Gasteiger partial charge in [-0.2, -0.15) is 0 Å². The van der Waals surface area contributed by atoms with Crippen LogP contribution in [0.5, 0.6) is 5.75 Å². The molecule has 0 aliphatic carbocycles. The highest BCUT2D eigenvalue weighted by Crippen LogP contribution is 2.26. The summed E-state index contributed by atoms with van der Waals surface area (Å²) in [6, 6.07) is 3.42. The van der Waals surface area contributed by atoms with Crippen molar-refractivity contribution < 1.29 is 29.0 Å². The van der Waals surface area contributed by atoms with Gasteiger partial charge in [-0.25, -0.2) is 4.79 Å². The van der Waals surface area contributed by atoms with Gasteiger partial charge in [0.05, 0.1) is 6.42 Å². The number of phenolic OH excluding ortho intramolecular Hbond substituents is 1. The van der Waals surface area contributed by atoms with Crippen molar-refractivity contribution >= 4 is 23.8 Å². The molecule has 0 aromatic heterocycles. The molecule has 0 spiro atoms.